The predicted molar refractivity (Wildman–Crippen MR) is 105 cm³/mol. The van der Waals surface area contributed by atoms with E-state index in [0.717, 1.165) is 5.69 Å². The van der Waals surface area contributed by atoms with Gasteiger partial charge in [0.25, 0.3) is 5.69 Å². The number of esters is 1. The number of nitrogens with zero attached hydrogens (tertiary/aromatic N) is 3. The molecule has 1 aromatic rings. The first kappa shape index (κ1) is 20.6. The minimum absolute atomic E-state index is 0.0402. The Kier molecular flexibility index (Phi) is 6.63. The van der Waals surface area contributed by atoms with E-state index < -0.39 is 10.9 Å². The Balaban J connectivity index is 1.40. The van der Waals surface area contributed by atoms with Gasteiger partial charge in [0.2, 0.25) is 5.91 Å². The second-order valence-corrected chi connectivity index (χ2v) is 6.97. The molecular formula is C19H24N4O6. The fraction of sp³-hybridized carbons (Fsp3) is 0.526. The maximum Gasteiger partial charge on any atom is 0.356 e. The third kappa shape index (κ3) is 5.21. The highest BCUT2D eigenvalue weighted by molar-refractivity contribution is 6.36. The number of nitro groups is 1. The van der Waals surface area contributed by atoms with Crippen LogP contribution in [0.25, 0.3) is 0 Å². The van der Waals surface area contributed by atoms with Crippen LogP contribution in [0.3, 0.4) is 0 Å². The number of oxime groups is 1. The van der Waals surface area contributed by atoms with Crippen molar-refractivity contribution in [2.45, 2.75) is 32.3 Å². The number of rotatable bonds is 7. The molecule has 0 bridgehead atoms. The van der Waals surface area contributed by atoms with Gasteiger partial charge in [0.15, 0.2) is 11.8 Å². The molecular weight excluding hydrogens is 380 g/mol. The van der Waals surface area contributed by atoms with E-state index >= 15 is 0 Å². The fourth-order valence-corrected chi connectivity index (χ4v) is 3.42. The number of anilines is 1. The quantitative estimate of drug-likeness (QED) is 0.416. The van der Waals surface area contributed by atoms with Crippen molar-refractivity contribution in [3.05, 3.63) is 34.4 Å². The minimum atomic E-state index is -0.486. The molecule has 1 aromatic carbocycles. The topological polar surface area (TPSA) is 123 Å². The van der Waals surface area contributed by atoms with Gasteiger partial charge in [-0.05, 0) is 31.9 Å². The first-order valence-corrected chi connectivity index (χ1v) is 9.64. The van der Waals surface area contributed by atoms with E-state index in [1.807, 2.05) is 0 Å². The molecule has 2 aliphatic heterocycles. The lowest BCUT2D eigenvalue weighted by atomic mass is 9.95. The van der Waals surface area contributed by atoms with Crippen LogP contribution in [0.4, 0.5) is 11.4 Å². The summed E-state index contributed by atoms with van der Waals surface area (Å²) in [4.78, 5) is 41.7. The van der Waals surface area contributed by atoms with Crippen molar-refractivity contribution in [2.24, 2.45) is 11.1 Å². The van der Waals surface area contributed by atoms with Gasteiger partial charge in [-0.3, -0.25) is 14.9 Å². The largest absolute Gasteiger partial charge is 0.461 e. The van der Waals surface area contributed by atoms with Crippen LogP contribution in [-0.2, 0) is 19.2 Å². The summed E-state index contributed by atoms with van der Waals surface area (Å²) >= 11 is 0. The van der Waals surface area contributed by atoms with Crippen LogP contribution in [0.2, 0.25) is 0 Å². The predicted octanol–water partition coefficient (Wildman–Crippen LogP) is 1.64. The number of hydrogen-bond acceptors (Lipinski definition) is 8. The first-order valence-electron chi connectivity index (χ1n) is 9.64. The summed E-state index contributed by atoms with van der Waals surface area (Å²) < 4.78 is 4.88. The van der Waals surface area contributed by atoms with E-state index in [1.165, 1.54) is 12.1 Å². The molecule has 10 heteroatoms. The molecule has 2 aliphatic rings. The van der Waals surface area contributed by atoms with Crippen LogP contribution < -0.4 is 10.2 Å². The van der Waals surface area contributed by atoms with E-state index in [1.54, 1.807) is 19.1 Å². The Morgan fingerprint density at radius 1 is 1.31 bits per heavy atom. The number of benzene rings is 1. The van der Waals surface area contributed by atoms with E-state index in [-0.39, 0.29) is 42.5 Å². The molecule has 1 unspecified atom stereocenters. The van der Waals surface area contributed by atoms with E-state index in [0.29, 0.717) is 32.4 Å². The van der Waals surface area contributed by atoms with Crippen LogP contribution in [-0.4, -0.2) is 54.9 Å². The molecule has 0 radical (unpaired) electrons. The Bertz CT molecular complexity index is 786. The molecule has 0 spiro atoms. The number of nitro benzene ring substituents is 1. The van der Waals surface area contributed by atoms with Crippen molar-refractivity contribution in [3.63, 3.8) is 0 Å². The van der Waals surface area contributed by atoms with Gasteiger partial charge in [0, 0.05) is 43.2 Å². The van der Waals surface area contributed by atoms with Crippen LogP contribution >= 0.6 is 0 Å². The monoisotopic (exact) mass is 404 g/mol. The Labute approximate surface area is 168 Å². The molecule has 0 aromatic heterocycles. The van der Waals surface area contributed by atoms with Crippen LogP contribution in [0.15, 0.2) is 29.4 Å². The van der Waals surface area contributed by atoms with Gasteiger partial charge in [-0.2, -0.15) is 0 Å². The number of amides is 1. The smallest absolute Gasteiger partial charge is 0.356 e. The van der Waals surface area contributed by atoms with Crippen molar-refractivity contribution < 1.29 is 24.1 Å². The average Bonchev–Trinajstić information content (AvgIpc) is 3.22. The molecule has 1 N–H and O–H groups in total. The lowest BCUT2D eigenvalue weighted by Gasteiger charge is -2.33. The molecule has 10 nitrogen and oxygen atoms in total. The molecule has 1 amide bonds. The normalized spacial score (nSPS) is 19.3. The number of carbonyl (C=O) groups excluding carboxylic acids is 2. The molecule has 2 heterocycles. The third-order valence-corrected chi connectivity index (χ3v) is 5.04. The lowest BCUT2D eigenvalue weighted by Crippen LogP contribution is -2.42. The number of carbonyl (C=O) groups is 2. The molecule has 0 saturated carbocycles. The van der Waals surface area contributed by atoms with Crippen LogP contribution in [0.5, 0.6) is 0 Å². The summed E-state index contributed by atoms with van der Waals surface area (Å²) in [6, 6.07) is 6.44. The van der Waals surface area contributed by atoms with Crippen molar-refractivity contribution >= 4 is 29.0 Å². The highest BCUT2D eigenvalue weighted by Gasteiger charge is 2.29. The van der Waals surface area contributed by atoms with Gasteiger partial charge in [0.1, 0.15) is 0 Å². The van der Waals surface area contributed by atoms with Gasteiger partial charge in [0.05, 0.1) is 18.1 Å². The molecule has 1 fully saturated rings. The number of ether oxygens (including phenoxy) is 1. The highest BCUT2D eigenvalue weighted by atomic mass is 16.6. The van der Waals surface area contributed by atoms with Crippen molar-refractivity contribution in [1.29, 1.82) is 0 Å². The molecule has 3 rings (SSSR count). The van der Waals surface area contributed by atoms with E-state index in [2.05, 4.69) is 15.4 Å². The van der Waals surface area contributed by atoms with Crippen molar-refractivity contribution in [1.82, 2.24) is 5.32 Å². The number of nitrogens with one attached hydrogen (secondary N) is 1. The average molecular weight is 404 g/mol. The first-order chi connectivity index (χ1) is 14.0. The van der Waals surface area contributed by atoms with Gasteiger partial charge in [-0.15, -0.1) is 0 Å². The van der Waals surface area contributed by atoms with Crippen molar-refractivity contribution in [2.75, 3.05) is 31.1 Å². The molecule has 1 saturated heterocycles. The summed E-state index contributed by atoms with van der Waals surface area (Å²) in [5.74, 6) is -0.627. The van der Waals surface area contributed by atoms with E-state index in [4.69, 9.17) is 9.57 Å². The third-order valence-electron chi connectivity index (χ3n) is 5.04. The lowest BCUT2D eigenvalue weighted by molar-refractivity contribution is -0.384. The second kappa shape index (κ2) is 9.35. The second-order valence-electron chi connectivity index (χ2n) is 6.97. The summed E-state index contributed by atoms with van der Waals surface area (Å²) in [6.07, 6.45) is 1.34. The Morgan fingerprint density at radius 3 is 2.62 bits per heavy atom. The summed E-state index contributed by atoms with van der Waals surface area (Å²) in [5.41, 5.74) is 1.22. The molecule has 1 atom stereocenters. The van der Waals surface area contributed by atoms with Crippen molar-refractivity contribution in [3.8, 4) is 0 Å². The van der Waals surface area contributed by atoms with Gasteiger partial charge < -0.3 is 19.8 Å². The maximum atomic E-state index is 12.4. The zero-order valence-corrected chi connectivity index (χ0v) is 16.2. The standard InChI is InChI=1S/C19H24N4O6/c1-2-28-19(25)17-11-16(29-21-17)12-20-18(24)13-7-9-22(10-8-13)14-3-5-15(6-4-14)23(26)27/h3-6,13,16H,2,7-12H2,1H3,(H,20,24). The van der Waals surface area contributed by atoms with Crippen LogP contribution in [0, 0.1) is 16.0 Å². The SMILES string of the molecule is CCOC(=O)C1=NOC(CNC(=O)C2CCN(c3ccc([N+](=O)[O-])cc3)CC2)C1. The zero-order chi connectivity index (χ0) is 20.8. The molecule has 156 valence electrons. The number of piperidine rings is 1. The van der Waals surface area contributed by atoms with Gasteiger partial charge in [-0.25, -0.2) is 4.79 Å². The summed E-state index contributed by atoms with van der Waals surface area (Å²) in [7, 11) is 0. The number of hydrogen-bond donors (Lipinski definition) is 1. The number of non-ortho nitro benzene ring substituents is 1. The summed E-state index contributed by atoms with van der Waals surface area (Å²) in [6.45, 7) is 3.68. The van der Waals surface area contributed by atoms with Gasteiger partial charge in [-0.1, -0.05) is 5.16 Å². The van der Waals surface area contributed by atoms with Crippen LogP contribution in [0.1, 0.15) is 26.2 Å². The summed E-state index contributed by atoms with van der Waals surface area (Å²) in [5, 5.41) is 17.4. The molecule has 29 heavy (non-hydrogen) atoms. The maximum absolute atomic E-state index is 12.4. The van der Waals surface area contributed by atoms with Gasteiger partial charge >= 0.3 is 5.97 Å². The highest BCUT2D eigenvalue weighted by Crippen LogP contribution is 2.25. The molecule has 0 aliphatic carbocycles. The van der Waals surface area contributed by atoms with E-state index in [9.17, 15) is 19.7 Å². The Hall–Kier alpha value is -3.17. The minimum Gasteiger partial charge on any atom is -0.461 e. The zero-order valence-electron chi connectivity index (χ0n) is 16.2. The Morgan fingerprint density at radius 2 is 2.00 bits per heavy atom. The fourth-order valence-electron chi connectivity index (χ4n) is 3.42.